The predicted octanol–water partition coefficient (Wildman–Crippen LogP) is 3.41. The number of piperidine rings is 1. The Labute approximate surface area is 132 Å². The van der Waals surface area contributed by atoms with Crippen molar-refractivity contribution in [3.63, 3.8) is 0 Å². The van der Waals surface area contributed by atoms with E-state index in [2.05, 4.69) is 15.3 Å². The second-order valence-electron chi connectivity index (χ2n) is 4.66. The van der Waals surface area contributed by atoms with E-state index in [9.17, 15) is 13.2 Å². The molecular formula is C12H15Cl2F3N4. The van der Waals surface area contributed by atoms with E-state index in [4.69, 9.17) is 0 Å². The summed E-state index contributed by atoms with van der Waals surface area (Å²) >= 11 is 0. The third-order valence-corrected chi connectivity index (χ3v) is 3.35. The van der Waals surface area contributed by atoms with Crippen LogP contribution in [0.1, 0.15) is 36.7 Å². The maximum absolute atomic E-state index is 13.0. The smallest absolute Gasteiger partial charge is 0.309 e. The molecule has 1 aliphatic rings. The molecule has 9 heteroatoms. The fraction of sp³-hybridized carbons (Fsp3) is 0.500. The Balaban J connectivity index is 0.00000110. The van der Waals surface area contributed by atoms with Gasteiger partial charge in [0.1, 0.15) is 5.69 Å². The fourth-order valence-corrected chi connectivity index (χ4v) is 2.42. The number of halogens is 5. The van der Waals surface area contributed by atoms with Crippen LogP contribution in [0.4, 0.5) is 13.2 Å². The van der Waals surface area contributed by atoms with Gasteiger partial charge in [-0.25, -0.2) is 9.97 Å². The molecule has 0 aromatic carbocycles. The number of hydrogen-bond donors (Lipinski definition) is 1. The Morgan fingerprint density at radius 1 is 1.24 bits per heavy atom. The van der Waals surface area contributed by atoms with Crippen molar-refractivity contribution in [2.75, 3.05) is 6.54 Å². The van der Waals surface area contributed by atoms with Gasteiger partial charge in [-0.05, 0) is 25.5 Å². The van der Waals surface area contributed by atoms with E-state index >= 15 is 0 Å². The summed E-state index contributed by atoms with van der Waals surface area (Å²) < 4.78 is 40.1. The summed E-state index contributed by atoms with van der Waals surface area (Å²) in [4.78, 5) is 8.09. The van der Waals surface area contributed by atoms with Crippen LogP contribution in [0.3, 0.4) is 0 Å². The molecule has 0 saturated carbocycles. The van der Waals surface area contributed by atoms with Crippen molar-refractivity contribution in [1.82, 2.24) is 19.7 Å². The minimum Gasteiger partial charge on any atom is -0.309 e. The number of rotatable bonds is 1. The third kappa shape index (κ3) is 3.59. The van der Waals surface area contributed by atoms with Gasteiger partial charge >= 0.3 is 6.18 Å². The highest BCUT2D eigenvalue weighted by molar-refractivity contribution is 5.85. The largest absolute Gasteiger partial charge is 0.431 e. The van der Waals surface area contributed by atoms with E-state index in [1.807, 2.05) is 0 Å². The summed E-state index contributed by atoms with van der Waals surface area (Å²) in [6, 6.07) is 1.01. The van der Waals surface area contributed by atoms with Crippen LogP contribution in [0.5, 0.6) is 0 Å². The normalized spacial score (nSPS) is 18.9. The van der Waals surface area contributed by atoms with Crippen molar-refractivity contribution in [3.05, 3.63) is 29.8 Å². The molecule has 1 N–H and O–H groups in total. The molecular weight excluding hydrogens is 328 g/mol. The molecule has 1 fully saturated rings. The molecule has 3 rings (SSSR count). The summed E-state index contributed by atoms with van der Waals surface area (Å²) in [5.74, 6) is 0.0946. The Hall–Kier alpha value is -1.05. The molecule has 118 valence electrons. The number of alkyl halides is 3. The molecule has 0 bridgehead atoms. The first kappa shape index (κ1) is 18.0. The highest BCUT2D eigenvalue weighted by Crippen LogP contribution is 2.32. The van der Waals surface area contributed by atoms with Gasteiger partial charge in [0.05, 0.1) is 5.69 Å². The van der Waals surface area contributed by atoms with Crippen molar-refractivity contribution in [2.24, 2.45) is 0 Å². The molecule has 0 aliphatic carbocycles. The van der Waals surface area contributed by atoms with Crippen LogP contribution in [0.15, 0.2) is 18.5 Å². The molecule has 4 nitrogen and oxygen atoms in total. The first-order valence-electron chi connectivity index (χ1n) is 6.20. The Kier molecular flexibility index (Phi) is 5.83. The van der Waals surface area contributed by atoms with Gasteiger partial charge < -0.3 is 5.32 Å². The van der Waals surface area contributed by atoms with Gasteiger partial charge in [0.15, 0.2) is 0 Å². The molecule has 0 spiro atoms. The van der Waals surface area contributed by atoms with E-state index in [0.717, 1.165) is 36.3 Å². The van der Waals surface area contributed by atoms with Crippen molar-refractivity contribution < 1.29 is 13.2 Å². The highest BCUT2D eigenvalue weighted by atomic mass is 35.5. The third-order valence-electron chi connectivity index (χ3n) is 3.35. The topological polar surface area (TPSA) is 42.2 Å². The van der Waals surface area contributed by atoms with Crippen molar-refractivity contribution in [2.45, 2.75) is 31.5 Å². The molecule has 21 heavy (non-hydrogen) atoms. The molecule has 1 unspecified atom stereocenters. The first-order chi connectivity index (χ1) is 9.05. The minimum absolute atomic E-state index is 0. The number of imidazole rings is 1. The van der Waals surface area contributed by atoms with Crippen LogP contribution in [0, 0.1) is 0 Å². The molecule has 1 saturated heterocycles. The van der Waals surface area contributed by atoms with Crippen LogP contribution < -0.4 is 5.32 Å². The van der Waals surface area contributed by atoms with Crippen LogP contribution in [-0.2, 0) is 6.18 Å². The van der Waals surface area contributed by atoms with Crippen molar-refractivity contribution in [3.8, 4) is 0 Å². The molecule has 0 radical (unpaired) electrons. The van der Waals surface area contributed by atoms with E-state index in [0.29, 0.717) is 5.69 Å². The van der Waals surface area contributed by atoms with Crippen molar-refractivity contribution in [1.29, 1.82) is 0 Å². The lowest BCUT2D eigenvalue weighted by molar-refractivity contribution is -0.142. The minimum atomic E-state index is -4.41. The lowest BCUT2D eigenvalue weighted by atomic mass is 10.0. The lowest BCUT2D eigenvalue weighted by Gasteiger charge is -2.23. The summed E-state index contributed by atoms with van der Waals surface area (Å²) in [5, 5.41) is 3.20. The summed E-state index contributed by atoms with van der Waals surface area (Å²) in [7, 11) is 0. The second-order valence-corrected chi connectivity index (χ2v) is 4.66. The van der Waals surface area contributed by atoms with Crippen LogP contribution >= 0.6 is 24.8 Å². The van der Waals surface area contributed by atoms with Gasteiger partial charge in [-0.1, -0.05) is 6.42 Å². The van der Waals surface area contributed by atoms with Crippen molar-refractivity contribution >= 4 is 30.6 Å². The van der Waals surface area contributed by atoms with Crippen LogP contribution in [-0.4, -0.2) is 20.9 Å². The Morgan fingerprint density at radius 3 is 2.62 bits per heavy atom. The van der Waals surface area contributed by atoms with E-state index in [-0.39, 0.29) is 36.6 Å². The predicted molar refractivity (Wildman–Crippen MR) is 77.1 cm³/mol. The molecule has 2 aromatic heterocycles. The summed E-state index contributed by atoms with van der Waals surface area (Å²) in [5.41, 5.74) is -0.303. The molecule has 3 heterocycles. The first-order valence-corrected chi connectivity index (χ1v) is 6.20. The fourth-order valence-electron chi connectivity index (χ4n) is 2.42. The molecule has 0 amide bonds. The van der Waals surface area contributed by atoms with Gasteiger partial charge in [-0.15, -0.1) is 24.8 Å². The zero-order chi connectivity index (χ0) is 13.5. The van der Waals surface area contributed by atoms with Gasteiger partial charge in [0.25, 0.3) is 0 Å². The van der Waals surface area contributed by atoms with E-state index in [1.54, 1.807) is 0 Å². The van der Waals surface area contributed by atoms with Gasteiger partial charge in [-0.3, -0.25) is 4.40 Å². The van der Waals surface area contributed by atoms with Crippen LogP contribution in [0.25, 0.3) is 5.78 Å². The van der Waals surface area contributed by atoms with E-state index in [1.165, 1.54) is 12.4 Å². The summed E-state index contributed by atoms with van der Waals surface area (Å²) in [6.07, 6.45) is 1.06. The number of nitrogens with one attached hydrogen (secondary N) is 1. The Bertz CT molecular complexity index is 594. The zero-order valence-electron chi connectivity index (χ0n) is 10.9. The van der Waals surface area contributed by atoms with Gasteiger partial charge in [-0.2, -0.15) is 13.2 Å². The maximum Gasteiger partial charge on any atom is 0.431 e. The SMILES string of the molecule is Cl.Cl.FC(F)(F)c1cc(C2CCCCN2)nc2nccn12. The van der Waals surface area contributed by atoms with Gasteiger partial charge in [0.2, 0.25) is 5.78 Å². The summed E-state index contributed by atoms with van der Waals surface area (Å²) in [6.45, 7) is 0.813. The quantitative estimate of drug-likeness (QED) is 0.863. The molecule has 2 aromatic rings. The van der Waals surface area contributed by atoms with E-state index < -0.39 is 11.9 Å². The van der Waals surface area contributed by atoms with Crippen LogP contribution in [0.2, 0.25) is 0 Å². The standard InChI is InChI=1S/C12H13F3N4.2ClH/c13-12(14,15)10-7-9(8-3-1-2-4-16-8)18-11-17-5-6-19(10)11;;/h5-8,16H,1-4H2;2*1H. The second kappa shape index (κ2) is 6.81. The lowest BCUT2D eigenvalue weighted by Crippen LogP contribution is -2.28. The number of hydrogen-bond acceptors (Lipinski definition) is 3. The number of aromatic nitrogens is 3. The molecule has 1 aliphatic heterocycles. The zero-order valence-corrected chi connectivity index (χ0v) is 12.6. The number of fused-ring (bicyclic) bond motifs is 1. The highest BCUT2D eigenvalue weighted by Gasteiger charge is 2.35. The number of nitrogens with zero attached hydrogens (tertiary/aromatic N) is 3. The molecule has 1 atom stereocenters. The maximum atomic E-state index is 13.0. The average molecular weight is 343 g/mol. The van der Waals surface area contributed by atoms with Gasteiger partial charge in [0, 0.05) is 18.4 Å². The Morgan fingerprint density at radius 2 is 2.00 bits per heavy atom. The monoisotopic (exact) mass is 342 g/mol. The average Bonchev–Trinajstić information content (AvgIpc) is 2.85.